The quantitative estimate of drug-likeness (QED) is 0.611. The van der Waals surface area contributed by atoms with Crippen molar-refractivity contribution in [2.24, 2.45) is 7.05 Å². The summed E-state index contributed by atoms with van der Waals surface area (Å²) in [6, 6.07) is 3.50. The predicted octanol–water partition coefficient (Wildman–Crippen LogP) is 1.23. The van der Waals surface area contributed by atoms with E-state index < -0.39 is 10.0 Å². The lowest BCUT2D eigenvalue weighted by Gasteiger charge is -2.33. The van der Waals surface area contributed by atoms with Crippen LogP contribution < -0.4 is 0 Å². The SMILES string of the molecule is Cc1nc(C)c(C(=O)N2CCN(S(=O)(=O)c3cn(C)nc3-c3cccnc3)CC2)o1. The van der Waals surface area contributed by atoms with Crippen LogP contribution in [-0.4, -0.2) is 69.5 Å². The van der Waals surface area contributed by atoms with Gasteiger partial charge >= 0.3 is 0 Å². The van der Waals surface area contributed by atoms with Crippen molar-refractivity contribution in [1.82, 2.24) is 29.0 Å². The van der Waals surface area contributed by atoms with E-state index in [0.29, 0.717) is 22.8 Å². The number of rotatable bonds is 4. The molecule has 0 bridgehead atoms. The second-order valence-corrected chi connectivity index (χ2v) is 9.01. The summed E-state index contributed by atoms with van der Waals surface area (Å²) in [5.74, 6) is 0.356. The first-order valence-electron chi connectivity index (χ1n) is 9.45. The van der Waals surface area contributed by atoms with E-state index in [1.54, 1.807) is 50.3 Å². The topological polar surface area (TPSA) is 114 Å². The average molecular weight is 430 g/mol. The molecule has 1 saturated heterocycles. The monoisotopic (exact) mass is 430 g/mol. The van der Waals surface area contributed by atoms with E-state index in [0.717, 1.165) is 0 Å². The number of hydrogen-bond donors (Lipinski definition) is 0. The minimum atomic E-state index is -3.79. The number of hydrogen-bond acceptors (Lipinski definition) is 7. The Bertz CT molecular complexity index is 1180. The first-order chi connectivity index (χ1) is 14.3. The number of amides is 1. The van der Waals surface area contributed by atoms with Crippen molar-refractivity contribution in [2.75, 3.05) is 26.2 Å². The number of pyridine rings is 1. The number of carbonyl (C=O) groups excluding carboxylic acids is 1. The number of nitrogens with zero attached hydrogens (tertiary/aromatic N) is 6. The summed E-state index contributed by atoms with van der Waals surface area (Å²) < 4.78 is 34.9. The third-order valence-corrected chi connectivity index (χ3v) is 6.87. The van der Waals surface area contributed by atoms with Crippen molar-refractivity contribution in [3.63, 3.8) is 0 Å². The molecule has 0 atom stereocenters. The smallest absolute Gasteiger partial charge is 0.291 e. The molecule has 1 amide bonds. The molecule has 4 rings (SSSR count). The molecule has 0 aliphatic carbocycles. The summed E-state index contributed by atoms with van der Waals surface area (Å²) >= 11 is 0. The van der Waals surface area contributed by atoms with Crippen LogP contribution in [0.3, 0.4) is 0 Å². The zero-order valence-corrected chi connectivity index (χ0v) is 17.8. The molecule has 0 radical (unpaired) electrons. The average Bonchev–Trinajstić information content (AvgIpc) is 3.30. The number of sulfonamides is 1. The van der Waals surface area contributed by atoms with E-state index in [9.17, 15) is 13.2 Å². The van der Waals surface area contributed by atoms with E-state index in [4.69, 9.17) is 4.42 Å². The molecule has 0 spiro atoms. The molecule has 1 aliphatic rings. The lowest BCUT2D eigenvalue weighted by Crippen LogP contribution is -2.50. The number of piperazine rings is 1. The van der Waals surface area contributed by atoms with Crippen molar-refractivity contribution < 1.29 is 17.6 Å². The molecule has 11 heteroatoms. The lowest BCUT2D eigenvalue weighted by molar-refractivity contribution is 0.0663. The Kier molecular flexibility index (Phi) is 5.16. The number of aromatic nitrogens is 4. The highest BCUT2D eigenvalue weighted by molar-refractivity contribution is 7.89. The Hall–Kier alpha value is -3.05. The Morgan fingerprint density at radius 1 is 1.17 bits per heavy atom. The summed E-state index contributed by atoms with van der Waals surface area (Å²) in [5.41, 5.74) is 1.52. The Morgan fingerprint density at radius 3 is 2.50 bits per heavy atom. The summed E-state index contributed by atoms with van der Waals surface area (Å²) in [7, 11) is -2.11. The summed E-state index contributed by atoms with van der Waals surface area (Å²) in [4.78, 5) is 22.6. The zero-order valence-electron chi connectivity index (χ0n) is 16.9. The molecular weight excluding hydrogens is 408 g/mol. The highest BCUT2D eigenvalue weighted by Gasteiger charge is 2.34. The van der Waals surface area contributed by atoms with Crippen molar-refractivity contribution in [2.45, 2.75) is 18.7 Å². The van der Waals surface area contributed by atoms with Gasteiger partial charge in [0.25, 0.3) is 5.91 Å². The van der Waals surface area contributed by atoms with Gasteiger partial charge in [0, 0.05) is 64.3 Å². The van der Waals surface area contributed by atoms with E-state index in [1.165, 1.54) is 15.2 Å². The molecule has 0 saturated carbocycles. The molecule has 3 aromatic heterocycles. The fourth-order valence-electron chi connectivity index (χ4n) is 3.50. The predicted molar refractivity (Wildman–Crippen MR) is 107 cm³/mol. The van der Waals surface area contributed by atoms with Crippen LogP contribution in [0.15, 0.2) is 40.0 Å². The molecule has 1 aliphatic heterocycles. The van der Waals surface area contributed by atoms with Crippen LogP contribution in [0.5, 0.6) is 0 Å². The van der Waals surface area contributed by atoms with Gasteiger partial charge in [-0.15, -0.1) is 0 Å². The van der Waals surface area contributed by atoms with Gasteiger partial charge in [-0.3, -0.25) is 14.5 Å². The van der Waals surface area contributed by atoms with Crippen LogP contribution in [0.25, 0.3) is 11.3 Å². The van der Waals surface area contributed by atoms with Gasteiger partial charge in [0.15, 0.2) is 5.89 Å². The fourth-order valence-corrected chi connectivity index (χ4v) is 5.11. The van der Waals surface area contributed by atoms with Gasteiger partial charge in [-0.1, -0.05) is 0 Å². The van der Waals surface area contributed by atoms with Crippen LogP contribution in [0.4, 0.5) is 0 Å². The molecular formula is C19H22N6O4S. The highest BCUT2D eigenvalue weighted by atomic mass is 32.2. The third kappa shape index (κ3) is 3.61. The first kappa shape index (κ1) is 20.2. The van der Waals surface area contributed by atoms with E-state index >= 15 is 0 Å². The van der Waals surface area contributed by atoms with E-state index in [-0.39, 0.29) is 42.7 Å². The van der Waals surface area contributed by atoms with E-state index in [1.807, 2.05) is 0 Å². The lowest BCUT2D eigenvalue weighted by atomic mass is 10.2. The molecule has 10 nitrogen and oxygen atoms in total. The molecule has 1 fully saturated rings. The maximum atomic E-state index is 13.3. The third-order valence-electron chi connectivity index (χ3n) is 4.97. The number of oxazole rings is 1. The molecule has 0 N–H and O–H groups in total. The van der Waals surface area contributed by atoms with Crippen molar-refractivity contribution in [3.05, 3.63) is 48.1 Å². The zero-order chi connectivity index (χ0) is 21.5. The first-order valence-corrected chi connectivity index (χ1v) is 10.9. The highest BCUT2D eigenvalue weighted by Crippen LogP contribution is 2.28. The van der Waals surface area contributed by atoms with Gasteiger partial charge in [0.1, 0.15) is 10.6 Å². The number of aryl methyl sites for hydroxylation is 3. The molecule has 0 aromatic carbocycles. The molecule has 4 heterocycles. The van der Waals surface area contributed by atoms with Gasteiger partial charge in [0.2, 0.25) is 15.8 Å². The fraction of sp³-hybridized carbons (Fsp3) is 0.368. The minimum absolute atomic E-state index is 0.125. The Morgan fingerprint density at radius 2 is 1.90 bits per heavy atom. The van der Waals surface area contributed by atoms with Crippen molar-refractivity contribution >= 4 is 15.9 Å². The maximum absolute atomic E-state index is 13.3. The standard InChI is InChI=1S/C19H22N6O4S/c1-13-18(29-14(2)21-13)19(26)24-7-9-25(10-8-24)30(27,28)16-12-23(3)22-17(16)15-5-4-6-20-11-15/h4-6,11-12H,7-10H2,1-3H3. The Balaban J connectivity index is 1.54. The molecule has 3 aromatic rings. The van der Waals surface area contributed by atoms with Crippen molar-refractivity contribution in [3.8, 4) is 11.3 Å². The minimum Gasteiger partial charge on any atom is -0.436 e. The Labute approximate surface area is 174 Å². The maximum Gasteiger partial charge on any atom is 0.291 e. The van der Waals surface area contributed by atoms with Crippen LogP contribution in [0.1, 0.15) is 22.1 Å². The second-order valence-electron chi connectivity index (χ2n) is 7.10. The van der Waals surface area contributed by atoms with Gasteiger partial charge in [0.05, 0.1) is 5.69 Å². The largest absolute Gasteiger partial charge is 0.436 e. The molecule has 0 unspecified atom stereocenters. The molecule has 30 heavy (non-hydrogen) atoms. The summed E-state index contributed by atoms with van der Waals surface area (Å²) in [5, 5.41) is 4.32. The van der Waals surface area contributed by atoms with Crippen LogP contribution in [-0.2, 0) is 17.1 Å². The van der Waals surface area contributed by atoms with Crippen LogP contribution in [0, 0.1) is 13.8 Å². The van der Waals surface area contributed by atoms with Crippen LogP contribution in [0.2, 0.25) is 0 Å². The second kappa shape index (κ2) is 7.65. The van der Waals surface area contributed by atoms with Gasteiger partial charge < -0.3 is 9.32 Å². The normalized spacial score (nSPS) is 15.5. The van der Waals surface area contributed by atoms with Crippen LogP contribution >= 0.6 is 0 Å². The molecule has 158 valence electrons. The number of carbonyl (C=O) groups is 1. The van der Waals surface area contributed by atoms with Crippen molar-refractivity contribution in [1.29, 1.82) is 0 Å². The van der Waals surface area contributed by atoms with Gasteiger partial charge in [-0.05, 0) is 19.1 Å². The summed E-state index contributed by atoms with van der Waals surface area (Å²) in [6.45, 7) is 4.29. The van der Waals surface area contributed by atoms with Gasteiger partial charge in [-0.2, -0.15) is 9.40 Å². The van der Waals surface area contributed by atoms with Gasteiger partial charge in [-0.25, -0.2) is 13.4 Å². The summed E-state index contributed by atoms with van der Waals surface area (Å²) in [6.07, 6.45) is 4.70. The van der Waals surface area contributed by atoms with E-state index in [2.05, 4.69) is 15.1 Å².